The van der Waals surface area contributed by atoms with Crippen molar-refractivity contribution < 1.29 is 19.1 Å². The van der Waals surface area contributed by atoms with Gasteiger partial charge in [0.15, 0.2) is 0 Å². The smallest absolute Gasteiger partial charge is 0.410 e. The van der Waals surface area contributed by atoms with Crippen LogP contribution in [0.5, 0.6) is 0 Å². The van der Waals surface area contributed by atoms with Gasteiger partial charge in [0.05, 0.1) is 18.2 Å². The number of hydrogen-bond donors (Lipinski definition) is 1. The van der Waals surface area contributed by atoms with Gasteiger partial charge < -0.3 is 19.7 Å². The Hall–Kier alpha value is -2.67. The molecule has 1 fully saturated rings. The summed E-state index contributed by atoms with van der Waals surface area (Å²) in [5.74, 6) is -0.271. The number of amides is 2. The summed E-state index contributed by atoms with van der Waals surface area (Å²) in [6, 6.07) is 4.24. The van der Waals surface area contributed by atoms with Gasteiger partial charge in [0.25, 0.3) is 0 Å². The molecule has 1 saturated heterocycles. The van der Waals surface area contributed by atoms with Gasteiger partial charge in [-0.2, -0.15) is 16.6 Å². The maximum absolute atomic E-state index is 12.7. The van der Waals surface area contributed by atoms with Crippen LogP contribution in [0, 0.1) is 11.3 Å². The first kappa shape index (κ1) is 22.5. The minimum Gasteiger partial charge on any atom is -0.446 e. The van der Waals surface area contributed by atoms with Crippen molar-refractivity contribution in [3.05, 3.63) is 44.5 Å². The maximum atomic E-state index is 12.7. The van der Waals surface area contributed by atoms with E-state index in [2.05, 4.69) is 11.4 Å². The molecule has 2 aliphatic rings. The van der Waals surface area contributed by atoms with Crippen molar-refractivity contribution in [1.82, 2.24) is 4.90 Å². The molecule has 1 N–H and O–H groups in total. The molecule has 32 heavy (non-hydrogen) atoms. The summed E-state index contributed by atoms with van der Waals surface area (Å²) in [5, 5.41) is 17.0. The molecule has 1 aliphatic carbocycles. The van der Waals surface area contributed by atoms with Crippen LogP contribution in [-0.4, -0.2) is 49.3 Å². The average molecular weight is 472 g/mol. The standard InChI is InChI=1S/C23H25N3O4S2/c1-29-13-16-3-2-9-26(16)23(28)30-17-5-6-18-19(12-24)22(32-20(18)11-17)25-21(27)7-4-15-8-10-31-14-15/h4,7-8,10,14,16-17H,2-3,5-6,9,11,13H2,1H3,(H,25,27). The van der Waals surface area contributed by atoms with Crippen LogP contribution in [0.15, 0.2) is 22.9 Å². The average Bonchev–Trinajstić information content (AvgIpc) is 3.52. The SMILES string of the molecule is COCC1CCCN1C(=O)OC1CCc2c(sc(NC(=O)C=Cc3ccsc3)c2C#N)C1. The molecule has 1 aliphatic heterocycles. The number of nitrogens with zero attached hydrogens (tertiary/aromatic N) is 2. The fourth-order valence-corrected chi connectivity index (χ4v) is 6.10. The number of likely N-dealkylation sites (tertiary alicyclic amines) is 1. The molecule has 2 amide bonds. The van der Waals surface area contributed by atoms with Gasteiger partial charge in [-0.1, -0.05) is 0 Å². The van der Waals surface area contributed by atoms with Crippen LogP contribution in [0.1, 0.15) is 40.8 Å². The zero-order valence-electron chi connectivity index (χ0n) is 17.8. The monoisotopic (exact) mass is 471 g/mol. The van der Waals surface area contributed by atoms with Crippen LogP contribution < -0.4 is 5.32 Å². The molecular formula is C23H25N3O4S2. The predicted octanol–water partition coefficient (Wildman–Crippen LogP) is 4.44. The van der Waals surface area contributed by atoms with Crippen LogP contribution in [0.3, 0.4) is 0 Å². The van der Waals surface area contributed by atoms with E-state index in [4.69, 9.17) is 9.47 Å². The highest BCUT2D eigenvalue weighted by atomic mass is 32.1. The van der Waals surface area contributed by atoms with Crippen LogP contribution in [0.4, 0.5) is 9.80 Å². The fourth-order valence-electron chi connectivity index (χ4n) is 4.21. The number of nitrogens with one attached hydrogen (secondary N) is 1. The van der Waals surface area contributed by atoms with Crippen molar-refractivity contribution in [2.45, 2.75) is 44.2 Å². The Balaban J connectivity index is 1.40. The summed E-state index contributed by atoms with van der Waals surface area (Å²) < 4.78 is 11.0. The molecule has 2 aromatic heterocycles. The van der Waals surface area contributed by atoms with Crippen LogP contribution >= 0.6 is 22.7 Å². The van der Waals surface area contributed by atoms with Crippen molar-refractivity contribution in [3.8, 4) is 6.07 Å². The van der Waals surface area contributed by atoms with Crippen LogP contribution in [0.25, 0.3) is 6.08 Å². The number of fused-ring (bicyclic) bond motifs is 1. The van der Waals surface area contributed by atoms with Crippen molar-refractivity contribution in [1.29, 1.82) is 5.26 Å². The third-order valence-corrected chi connectivity index (χ3v) is 7.65. The van der Waals surface area contributed by atoms with E-state index >= 15 is 0 Å². The summed E-state index contributed by atoms with van der Waals surface area (Å²) in [6.07, 6.45) is 6.45. The van der Waals surface area contributed by atoms with Gasteiger partial charge in [-0.25, -0.2) is 4.79 Å². The molecular weight excluding hydrogens is 446 g/mol. The molecule has 0 spiro atoms. The molecule has 2 unspecified atom stereocenters. The van der Waals surface area contributed by atoms with E-state index in [1.807, 2.05) is 16.8 Å². The van der Waals surface area contributed by atoms with Gasteiger partial charge in [-0.05, 0) is 59.7 Å². The summed E-state index contributed by atoms with van der Waals surface area (Å²) in [4.78, 5) is 27.8. The first-order valence-corrected chi connectivity index (χ1v) is 12.4. The van der Waals surface area contributed by atoms with Gasteiger partial charge in [0, 0.05) is 31.0 Å². The third kappa shape index (κ3) is 5.04. The van der Waals surface area contributed by atoms with Crippen molar-refractivity contribution >= 4 is 45.8 Å². The molecule has 2 aromatic rings. The Morgan fingerprint density at radius 1 is 1.41 bits per heavy atom. The summed E-state index contributed by atoms with van der Waals surface area (Å²) in [6.45, 7) is 1.21. The molecule has 9 heteroatoms. The largest absolute Gasteiger partial charge is 0.446 e. The first-order valence-electron chi connectivity index (χ1n) is 10.6. The van der Waals surface area contributed by atoms with Gasteiger partial charge in [-0.3, -0.25) is 4.79 Å². The number of rotatable bonds is 6. The highest BCUT2D eigenvalue weighted by Gasteiger charge is 2.33. The molecule has 168 valence electrons. The van der Waals surface area contributed by atoms with E-state index in [-0.39, 0.29) is 24.1 Å². The van der Waals surface area contributed by atoms with Gasteiger partial charge in [0.2, 0.25) is 5.91 Å². The molecule has 0 saturated carbocycles. The van der Waals surface area contributed by atoms with E-state index in [0.717, 1.165) is 28.8 Å². The number of anilines is 1. The number of nitriles is 1. The van der Waals surface area contributed by atoms with E-state index < -0.39 is 0 Å². The number of methoxy groups -OCH3 is 1. The fraction of sp³-hybridized carbons (Fsp3) is 0.435. The zero-order chi connectivity index (χ0) is 22.5. The molecule has 4 rings (SSSR count). The topological polar surface area (TPSA) is 91.7 Å². The maximum Gasteiger partial charge on any atom is 0.410 e. The lowest BCUT2D eigenvalue weighted by Gasteiger charge is -2.28. The Kier molecular flexibility index (Phi) is 7.25. The van der Waals surface area contributed by atoms with E-state index in [1.165, 1.54) is 17.4 Å². The second kappa shape index (κ2) is 10.3. The Bertz CT molecular complexity index is 1040. The minimum absolute atomic E-state index is 0.0718. The Morgan fingerprint density at radius 2 is 2.28 bits per heavy atom. The lowest BCUT2D eigenvalue weighted by atomic mass is 9.94. The number of carbonyl (C=O) groups excluding carboxylic acids is 2. The third-order valence-electron chi connectivity index (χ3n) is 5.78. The van der Waals surface area contributed by atoms with E-state index in [9.17, 15) is 14.9 Å². The second-order valence-corrected chi connectivity index (χ2v) is 9.78. The van der Waals surface area contributed by atoms with Crippen molar-refractivity contribution in [3.63, 3.8) is 0 Å². The van der Waals surface area contributed by atoms with Crippen LogP contribution in [-0.2, 0) is 27.1 Å². The summed E-state index contributed by atoms with van der Waals surface area (Å²) in [7, 11) is 1.64. The molecule has 3 heterocycles. The molecule has 0 radical (unpaired) electrons. The lowest BCUT2D eigenvalue weighted by Crippen LogP contribution is -2.40. The second-order valence-electron chi connectivity index (χ2n) is 7.89. The minimum atomic E-state index is -0.290. The first-order chi connectivity index (χ1) is 15.6. The van der Waals surface area contributed by atoms with Gasteiger partial charge >= 0.3 is 6.09 Å². The molecule has 0 bridgehead atoms. The molecule has 7 nitrogen and oxygen atoms in total. The number of ether oxygens (including phenoxy) is 2. The Labute approximate surface area is 195 Å². The number of hydrogen-bond acceptors (Lipinski definition) is 7. The highest BCUT2D eigenvalue weighted by molar-refractivity contribution is 7.16. The molecule has 2 atom stereocenters. The van der Waals surface area contributed by atoms with Gasteiger partial charge in [0.1, 0.15) is 17.2 Å². The predicted molar refractivity (Wildman–Crippen MR) is 125 cm³/mol. The number of carbonyl (C=O) groups is 2. The highest BCUT2D eigenvalue weighted by Crippen LogP contribution is 2.38. The summed E-state index contributed by atoms with van der Waals surface area (Å²) in [5.41, 5.74) is 2.44. The number of thiophene rings is 2. The van der Waals surface area contributed by atoms with Gasteiger partial charge in [-0.15, -0.1) is 11.3 Å². The quantitative estimate of drug-likeness (QED) is 0.629. The van der Waals surface area contributed by atoms with Crippen LogP contribution in [0.2, 0.25) is 0 Å². The lowest BCUT2D eigenvalue weighted by molar-refractivity contribution is -0.111. The molecule has 0 aromatic carbocycles. The summed E-state index contributed by atoms with van der Waals surface area (Å²) >= 11 is 2.96. The zero-order valence-corrected chi connectivity index (χ0v) is 19.5. The van der Waals surface area contributed by atoms with Crippen molar-refractivity contribution in [2.75, 3.05) is 25.6 Å². The van der Waals surface area contributed by atoms with Crippen molar-refractivity contribution in [2.24, 2.45) is 0 Å². The normalized spacial score (nSPS) is 20.2. The Morgan fingerprint density at radius 3 is 3.03 bits per heavy atom. The van der Waals surface area contributed by atoms with E-state index in [0.29, 0.717) is 43.0 Å². The van der Waals surface area contributed by atoms with E-state index in [1.54, 1.807) is 29.4 Å².